The summed E-state index contributed by atoms with van der Waals surface area (Å²) in [7, 11) is -4.36. The largest absolute Gasteiger partial charge is 0.472 e. The fourth-order valence-electron chi connectivity index (χ4n) is 5.22. The maximum absolute atomic E-state index is 12.5. The van der Waals surface area contributed by atoms with Gasteiger partial charge in [0, 0.05) is 19.4 Å². The van der Waals surface area contributed by atoms with Crippen molar-refractivity contribution in [3.05, 3.63) is 0 Å². The van der Waals surface area contributed by atoms with Crippen molar-refractivity contribution < 1.29 is 37.6 Å². The van der Waals surface area contributed by atoms with E-state index in [0.717, 1.165) is 32.1 Å². The van der Waals surface area contributed by atoms with E-state index >= 15 is 0 Å². The highest BCUT2D eigenvalue weighted by Crippen LogP contribution is 2.43. The molecule has 0 spiro atoms. The Morgan fingerprint density at radius 3 is 1.36 bits per heavy atom. The van der Waals surface area contributed by atoms with Crippen LogP contribution >= 0.6 is 7.82 Å². The van der Waals surface area contributed by atoms with Crippen molar-refractivity contribution in [1.29, 1.82) is 0 Å². The van der Waals surface area contributed by atoms with Gasteiger partial charge in [-0.05, 0) is 12.8 Å². The zero-order valence-corrected chi connectivity index (χ0v) is 30.0. The third-order valence-corrected chi connectivity index (χ3v) is 8.98. The molecule has 2 unspecified atom stereocenters. The lowest BCUT2D eigenvalue weighted by molar-refractivity contribution is -0.161. The van der Waals surface area contributed by atoms with Gasteiger partial charge in [-0.3, -0.25) is 18.6 Å². The fraction of sp³-hybridized carbons (Fsp3) is 0.943. The summed E-state index contributed by atoms with van der Waals surface area (Å²) in [5.74, 6) is -0.826. The van der Waals surface area contributed by atoms with Crippen LogP contribution < -0.4 is 5.73 Å². The van der Waals surface area contributed by atoms with Crippen LogP contribution in [0.25, 0.3) is 0 Å². The second-order valence-corrected chi connectivity index (χ2v) is 13.9. The van der Waals surface area contributed by atoms with Gasteiger partial charge in [0.1, 0.15) is 6.61 Å². The van der Waals surface area contributed by atoms with Crippen molar-refractivity contribution >= 4 is 19.8 Å². The van der Waals surface area contributed by atoms with Crippen LogP contribution in [-0.4, -0.2) is 49.3 Å². The van der Waals surface area contributed by atoms with Gasteiger partial charge in [-0.15, -0.1) is 0 Å². The molecule has 0 fully saturated rings. The number of nitrogens with two attached hydrogens (primary N) is 1. The topological polar surface area (TPSA) is 134 Å². The standard InChI is InChI=1S/C35H70NO8P/c1-3-5-7-9-11-12-13-14-15-16-17-18-19-20-22-24-26-28-35(38)44-33(32-43-45(39,40)42-30-29-36)31-41-34(37)27-25-23-21-10-8-6-4-2/h33H,3-32,36H2,1-2H3,(H,39,40). The van der Waals surface area contributed by atoms with Crippen LogP contribution in [-0.2, 0) is 32.7 Å². The molecule has 2 atom stereocenters. The second kappa shape index (κ2) is 32.9. The molecule has 0 aromatic rings. The number of ether oxygens (including phenoxy) is 2. The Morgan fingerprint density at radius 1 is 0.578 bits per heavy atom. The van der Waals surface area contributed by atoms with Gasteiger partial charge in [0.25, 0.3) is 0 Å². The van der Waals surface area contributed by atoms with Gasteiger partial charge in [0.05, 0.1) is 13.2 Å². The van der Waals surface area contributed by atoms with Crippen molar-refractivity contribution in [2.75, 3.05) is 26.4 Å². The molecule has 0 aliphatic rings. The first-order valence-electron chi connectivity index (χ1n) is 18.5. The average molecular weight is 664 g/mol. The molecule has 0 heterocycles. The molecule has 0 aliphatic heterocycles. The van der Waals surface area contributed by atoms with Crippen LogP contribution in [0.3, 0.4) is 0 Å². The van der Waals surface area contributed by atoms with Gasteiger partial charge in [-0.2, -0.15) is 0 Å². The maximum atomic E-state index is 12.5. The number of rotatable bonds is 35. The first-order chi connectivity index (χ1) is 21.8. The summed E-state index contributed by atoms with van der Waals surface area (Å²) >= 11 is 0. The predicted molar refractivity (Wildman–Crippen MR) is 183 cm³/mol. The predicted octanol–water partition coefficient (Wildman–Crippen LogP) is 9.72. The van der Waals surface area contributed by atoms with E-state index in [1.54, 1.807) is 0 Å². The summed E-state index contributed by atoms with van der Waals surface area (Å²) in [6.07, 6.45) is 28.7. The Balaban J connectivity index is 4.11. The van der Waals surface area contributed by atoms with Gasteiger partial charge in [-0.1, -0.05) is 155 Å². The molecule has 0 aromatic carbocycles. The third-order valence-electron chi connectivity index (χ3n) is 7.99. The number of hydrogen-bond acceptors (Lipinski definition) is 8. The summed E-state index contributed by atoms with van der Waals surface area (Å²) in [5, 5.41) is 0. The monoisotopic (exact) mass is 663 g/mol. The van der Waals surface area contributed by atoms with Gasteiger partial charge < -0.3 is 20.1 Å². The number of carbonyl (C=O) groups excluding carboxylic acids is 2. The highest BCUT2D eigenvalue weighted by atomic mass is 31.2. The SMILES string of the molecule is CCCCCCCCCCCCCCCCCCCC(=O)OC(COC(=O)CCCCCCCCC)COP(=O)(O)OCCN. The quantitative estimate of drug-likeness (QED) is 0.0386. The number of hydrogen-bond donors (Lipinski definition) is 2. The molecule has 0 bridgehead atoms. The Labute approximate surface area is 276 Å². The molecule has 0 radical (unpaired) electrons. The molecule has 0 rings (SSSR count). The lowest BCUT2D eigenvalue weighted by Gasteiger charge is -2.19. The van der Waals surface area contributed by atoms with E-state index in [1.807, 2.05) is 0 Å². The Kier molecular flexibility index (Phi) is 32.2. The molecule has 0 aliphatic carbocycles. The van der Waals surface area contributed by atoms with Crippen LogP contribution in [0.5, 0.6) is 0 Å². The van der Waals surface area contributed by atoms with Crippen LogP contribution in [0.1, 0.15) is 181 Å². The summed E-state index contributed by atoms with van der Waals surface area (Å²) in [6.45, 7) is 3.69. The molecule has 3 N–H and O–H groups in total. The smallest absolute Gasteiger partial charge is 0.462 e. The van der Waals surface area contributed by atoms with Crippen molar-refractivity contribution in [1.82, 2.24) is 0 Å². The highest BCUT2D eigenvalue weighted by molar-refractivity contribution is 7.47. The van der Waals surface area contributed by atoms with Crippen LogP contribution in [0.2, 0.25) is 0 Å². The number of phosphoric ester groups is 1. The van der Waals surface area contributed by atoms with Gasteiger partial charge in [-0.25, -0.2) is 4.57 Å². The van der Waals surface area contributed by atoms with Crippen molar-refractivity contribution in [2.24, 2.45) is 5.73 Å². The molecular weight excluding hydrogens is 593 g/mol. The Morgan fingerprint density at radius 2 is 0.956 bits per heavy atom. The second-order valence-electron chi connectivity index (χ2n) is 12.5. The van der Waals surface area contributed by atoms with Crippen molar-refractivity contribution in [3.63, 3.8) is 0 Å². The van der Waals surface area contributed by atoms with E-state index in [-0.39, 0.29) is 38.6 Å². The lowest BCUT2D eigenvalue weighted by atomic mass is 10.0. The zero-order valence-electron chi connectivity index (χ0n) is 29.1. The van der Waals surface area contributed by atoms with Gasteiger partial charge >= 0.3 is 19.8 Å². The number of phosphoric acid groups is 1. The Hall–Kier alpha value is -0.990. The van der Waals surface area contributed by atoms with Crippen molar-refractivity contribution in [3.8, 4) is 0 Å². The van der Waals surface area contributed by atoms with Crippen molar-refractivity contribution in [2.45, 2.75) is 187 Å². The minimum atomic E-state index is -4.36. The zero-order chi connectivity index (χ0) is 33.3. The molecule has 0 aromatic heterocycles. The molecule has 0 saturated heterocycles. The van der Waals surface area contributed by atoms with Gasteiger partial charge in [0.2, 0.25) is 0 Å². The summed E-state index contributed by atoms with van der Waals surface area (Å²) in [4.78, 5) is 34.5. The van der Waals surface area contributed by atoms with E-state index in [0.29, 0.717) is 6.42 Å². The lowest BCUT2D eigenvalue weighted by Crippen LogP contribution is -2.29. The first-order valence-corrected chi connectivity index (χ1v) is 20.0. The fourth-order valence-corrected chi connectivity index (χ4v) is 5.99. The summed E-state index contributed by atoms with van der Waals surface area (Å²) in [5.41, 5.74) is 5.32. The van der Waals surface area contributed by atoms with Crippen LogP contribution in [0.4, 0.5) is 0 Å². The average Bonchev–Trinajstić information content (AvgIpc) is 3.02. The summed E-state index contributed by atoms with van der Waals surface area (Å²) in [6, 6.07) is 0. The van der Waals surface area contributed by atoms with Crippen LogP contribution in [0.15, 0.2) is 0 Å². The van der Waals surface area contributed by atoms with E-state index in [4.69, 9.17) is 24.3 Å². The summed E-state index contributed by atoms with van der Waals surface area (Å²) < 4.78 is 32.5. The van der Waals surface area contributed by atoms with Crippen LogP contribution in [0, 0.1) is 0 Å². The molecule has 0 amide bonds. The molecule has 0 saturated carbocycles. The highest BCUT2D eigenvalue weighted by Gasteiger charge is 2.25. The third kappa shape index (κ3) is 32.7. The van der Waals surface area contributed by atoms with E-state index in [2.05, 4.69) is 13.8 Å². The number of esters is 2. The van der Waals surface area contributed by atoms with E-state index in [9.17, 15) is 19.0 Å². The molecule has 10 heteroatoms. The number of carbonyl (C=O) groups is 2. The van der Waals surface area contributed by atoms with E-state index in [1.165, 1.54) is 116 Å². The molecule has 45 heavy (non-hydrogen) atoms. The number of unbranched alkanes of at least 4 members (excludes halogenated alkanes) is 22. The molecule has 9 nitrogen and oxygen atoms in total. The first kappa shape index (κ1) is 44.0. The minimum Gasteiger partial charge on any atom is -0.462 e. The van der Waals surface area contributed by atoms with E-state index < -0.39 is 26.5 Å². The Bertz CT molecular complexity index is 724. The maximum Gasteiger partial charge on any atom is 0.472 e. The molecular formula is C35H70NO8P. The van der Waals surface area contributed by atoms with Gasteiger partial charge in [0.15, 0.2) is 6.10 Å². The normalized spacial score (nSPS) is 13.4. The minimum absolute atomic E-state index is 0.0574. The molecule has 268 valence electrons.